The van der Waals surface area contributed by atoms with Gasteiger partial charge < -0.3 is 10.6 Å². The molecule has 1 fully saturated rings. The Bertz CT molecular complexity index is 458. The van der Waals surface area contributed by atoms with E-state index in [9.17, 15) is 0 Å². The Morgan fingerprint density at radius 2 is 2.15 bits per heavy atom. The van der Waals surface area contributed by atoms with E-state index in [-0.39, 0.29) is 0 Å². The molecule has 110 valence electrons. The summed E-state index contributed by atoms with van der Waals surface area (Å²) in [6, 6.07) is 7.15. The molecule has 0 aliphatic carbocycles. The summed E-state index contributed by atoms with van der Waals surface area (Å²) >= 11 is 0. The fourth-order valence-corrected chi connectivity index (χ4v) is 3.69. The number of hydrogen-bond donors (Lipinski definition) is 1. The molecule has 0 radical (unpaired) electrons. The van der Waals surface area contributed by atoms with Gasteiger partial charge in [-0.1, -0.05) is 18.6 Å². The lowest BCUT2D eigenvalue weighted by Crippen LogP contribution is -2.40. The summed E-state index contributed by atoms with van der Waals surface area (Å²) in [7, 11) is 2.29. The van der Waals surface area contributed by atoms with E-state index in [1.54, 1.807) is 0 Å². The van der Waals surface area contributed by atoms with Crippen LogP contribution in [0, 0.1) is 0 Å². The lowest BCUT2D eigenvalue weighted by Gasteiger charge is -2.35. The summed E-state index contributed by atoms with van der Waals surface area (Å²) in [5.74, 6) is 0. The Kier molecular flexibility index (Phi) is 4.27. The molecule has 1 unspecified atom stereocenters. The molecule has 2 aliphatic rings. The molecular formula is C17H27N3. The van der Waals surface area contributed by atoms with Crippen molar-refractivity contribution in [1.29, 1.82) is 0 Å². The highest BCUT2D eigenvalue weighted by Gasteiger charge is 2.22. The molecule has 2 heterocycles. The maximum atomic E-state index is 6.13. The van der Waals surface area contributed by atoms with E-state index < -0.39 is 0 Å². The topological polar surface area (TPSA) is 32.5 Å². The number of nitrogens with zero attached hydrogens (tertiary/aromatic N) is 2. The summed E-state index contributed by atoms with van der Waals surface area (Å²) in [4.78, 5) is 5.14. The van der Waals surface area contributed by atoms with E-state index in [2.05, 4.69) is 29.0 Å². The Labute approximate surface area is 122 Å². The molecule has 2 aliphatic heterocycles. The zero-order valence-corrected chi connectivity index (χ0v) is 12.6. The van der Waals surface area contributed by atoms with Gasteiger partial charge in [0.15, 0.2) is 0 Å². The van der Waals surface area contributed by atoms with Gasteiger partial charge in [0.2, 0.25) is 0 Å². The first-order valence-electron chi connectivity index (χ1n) is 8.03. The maximum Gasteiger partial charge on any atom is 0.0362 e. The van der Waals surface area contributed by atoms with E-state index in [0.717, 1.165) is 24.7 Å². The molecule has 3 nitrogen and oxygen atoms in total. The zero-order chi connectivity index (χ0) is 13.9. The molecule has 1 saturated heterocycles. The van der Waals surface area contributed by atoms with Crippen LogP contribution in [-0.4, -0.2) is 42.5 Å². The third kappa shape index (κ3) is 2.99. The van der Waals surface area contributed by atoms with Gasteiger partial charge in [0, 0.05) is 24.8 Å². The summed E-state index contributed by atoms with van der Waals surface area (Å²) in [6.07, 6.45) is 6.62. The van der Waals surface area contributed by atoms with E-state index in [0.29, 0.717) is 0 Å². The minimum atomic E-state index is 0.790. The van der Waals surface area contributed by atoms with Gasteiger partial charge in [0.1, 0.15) is 0 Å². The average molecular weight is 273 g/mol. The van der Waals surface area contributed by atoms with E-state index in [1.165, 1.54) is 56.4 Å². The van der Waals surface area contributed by atoms with Crippen LogP contribution in [0.3, 0.4) is 0 Å². The van der Waals surface area contributed by atoms with Crippen LogP contribution in [-0.2, 0) is 13.0 Å². The first-order valence-corrected chi connectivity index (χ1v) is 8.03. The van der Waals surface area contributed by atoms with Crippen LogP contribution in [0.4, 0.5) is 5.69 Å². The van der Waals surface area contributed by atoms with Crippen LogP contribution >= 0.6 is 0 Å². The molecular weight excluding hydrogens is 246 g/mol. The van der Waals surface area contributed by atoms with Crippen molar-refractivity contribution >= 4 is 5.69 Å². The molecule has 0 bridgehead atoms. The smallest absolute Gasteiger partial charge is 0.0362 e. The highest BCUT2D eigenvalue weighted by Crippen LogP contribution is 2.25. The number of likely N-dealkylation sites (tertiary alicyclic amines) is 1. The van der Waals surface area contributed by atoms with E-state index in [4.69, 9.17) is 5.73 Å². The standard InChI is InChI=1S/C17H27N3/c1-19-10-3-2-6-15(19)9-12-20-11-8-14-5-4-7-17(18)16(14)13-20/h4-5,7,15H,2-3,6,8-13,18H2,1H3. The Balaban J connectivity index is 1.56. The molecule has 0 amide bonds. The molecule has 3 rings (SSSR count). The van der Waals surface area contributed by atoms with Gasteiger partial charge >= 0.3 is 0 Å². The van der Waals surface area contributed by atoms with Gasteiger partial charge in [0.05, 0.1) is 0 Å². The third-order valence-corrected chi connectivity index (χ3v) is 5.09. The Hall–Kier alpha value is -1.06. The highest BCUT2D eigenvalue weighted by atomic mass is 15.2. The maximum absolute atomic E-state index is 6.13. The number of rotatable bonds is 3. The van der Waals surface area contributed by atoms with Gasteiger partial charge in [-0.05, 0) is 63.0 Å². The second-order valence-corrected chi connectivity index (χ2v) is 6.43. The number of anilines is 1. The highest BCUT2D eigenvalue weighted by molar-refractivity contribution is 5.51. The predicted octanol–water partition coefficient (Wildman–Crippen LogP) is 2.50. The SMILES string of the molecule is CN1CCCCC1CCN1CCc2cccc(N)c2C1. The number of piperidine rings is 1. The molecule has 0 aromatic heterocycles. The van der Waals surface area contributed by atoms with Gasteiger partial charge in [-0.3, -0.25) is 4.90 Å². The molecule has 1 aromatic carbocycles. The number of benzene rings is 1. The monoisotopic (exact) mass is 273 g/mol. The van der Waals surface area contributed by atoms with Crippen LogP contribution in [0.5, 0.6) is 0 Å². The minimum Gasteiger partial charge on any atom is -0.398 e. The van der Waals surface area contributed by atoms with Crippen LogP contribution < -0.4 is 5.73 Å². The van der Waals surface area contributed by atoms with Gasteiger partial charge in [-0.25, -0.2) is 0 Å². The second kappa shape index (κ2) is 6.15. The second-order valence-electron chi connectivity index (χ2n) is 6.43. The van der Waals surface area contributed by atoms with Crippen molar-refractivity contribution in [2.75, 3.05) is 32.4 Å². The summed E-state index contributed by atoms with van der Waals surface area (Å²) in [6.45, 7) is 4.72. The minimum absolute atomic E-state index is 0.790. The normalized spacial score (nSPS) is 24.6. The molecule has 20 heavy (non-hydrogen) atoms. The van der Waals surface area contributed by atoms with Crippen LogP contribution in [0.1, 0.15) is 36.8 Å². The van der Waals surface area contributed by atoms with Crippen molar-refractivity contribution in [2.45, 2.75) is 44.7 Å². The largest absolute Gasteiger partial charge is 0.398 e. The predicted molar refractivity (Wildman–Crippen MR) is 84.7 cm³/mol. The van der Waals surface area contributed by atoms with E-state index in [1.807, 2.05) is 6.07 Å². The van der Waals surface area contributed by atoms with Crippen LogP contribution in [0.25, 0.3) is 0 Å². The van der Waals surface area contributed by atoms with E-state index >= 15 is 0 Å². The fraction of sp³-hybridized carbons (Fsp3) is 0.647. The third-order valence-electron chi connectivity index (χ3n) is 5.09. The molecule has 1 atom stereocenters. The summed E-state index contributed by atoms with van der Waals surface area (Å²) < 4.78 is 0. The number of hydrogen-bond acceptors (Lipinski definition) is 3. The lowest BCUT2D eigenvalue weighted by atomic mass is 9.96. The summed E-state index contributed by atoms with van der Waals surface area (Å²) in [5.41, 5.74) is 9.93. The van der Waals surface area contributed by atoms with Crippen LogP contribution in [0.15, 0.2) is 18.2 Å². The molecule has 0 saturated carbocycles. The molecule has 0 spiro atoms. The molecule has 2 N–H and O–H groups in total. The number of nitrogens with two attached hydrogens (primary N) is 1. The van der Waals surface area contributed by atoms with Crippen molar-refractivity contribution in [3.05, 3.63) is 29.3 Å². The Morgan fingerprint density at radius 1 is 1.25 bits per heavy atom. The van der Waals surface area contributed by atoms with Gasteiger partial charge in [0.25, 0.3) is 0 Å². The van der Waals surface area contributed by atoms with Crippen molar-refractivity contribution < 1.29 is 0 Å². The molecule has 3 heteroatoms. The summed E-state index contributed by atoms with van der Waals surface area (Å²) in [5, 5.41) is 0. The van der Waals surface area contributed by atoms with Gasteiger partial charge in [-0.15, -0.1) is 0 Å². The van der Waals surface area contributed by atoms with Crippen molar-refractivity contribution in [3.63, 3.8) is 0 Å². The first kappa shape index (κ1) is 13.9. The average Bonchev–Trinajstić information content (AvgIpc) is 2.47. The fourth-order valence-electron chi connectivity index (χ4n) is 3.69. The van der Waals surface area contributed by atoms with Crippen molar-refractivity contribution in [2.24, 2.45) is 0 Å². The van der Waals surface area contributed by atoms with Crippen LogP contribution in [0.2, 0.25) is 0 Å². The molecule has 1 aromatic rings. The van der Waals surface area contributed by atoms with Crippen molar-refractivity contribution in [3.8, 4) is 0 Å². The number of fused-ring (bicyclic) bond motifs is 1. The number of nitrogen functional groups attached to an aromatic ring is 1. The first-order chi connectivity index (χ1) is 9.74. The van der Waals surface area contributed by atoms with Gasteiger partial charge in [-0.2, -0.15) is 0 Å². The lowest BCUT2D eigenvalue weighted by molar-refractivity contribution is 0.149. The van der Waals surface area contributed by atoms with Crippen molar-refractivity contribution in [1.82, 2.24) is 9.80 Å². The Morgan fingerprint density at radius 3 is 3.00 bits per heavy atom. The quantitative estimate of drug-likeness (QED) is 0.859. The zero-order valence-electron chi connectivity index (χ0n) is 12.6.